The third-order valence-electron chi connectivity index (χ3n) is 3.47. The molecule has 6 nitrogen and oxygen atoms in total. The molecule has 1 aromatic carbocycles. The molecule has 3 rings (SSSR count). The lowest BCUT2D eigenvalue weighted by atomic mass is 10.1. The SMILES string of the molecule is O=C(NCCc1nccc(-c2ccccc2)n1)c1ccc[nH]c1=O. The van der Waals surface area contributed by atoms with Gasteiger partial charge < -0.3 is 10.3 Å². The zero-order chi connectivity index (χ0) is 16.8. The maximum absolute atomic E-state index is 12.0. The zero-order valence-electron chi connectivity index (χ0n) is 12.9. The summed E-state index contributed by atoms with van der Waals surface area (Å²) in [6.07, 6.45) is 3.67. The molecule has 0 saturated heterocycles. The summed E-state index contributed by atoms with van der Waals surface area (Å²) < 4.78 is 0. The van der Waals surface area contributed by atoms with Crippen molar-refractivity contribution < 1.29 is 4.79 Å². The molecule has 0 radical (unpaired) electrons. The van der Waals surface area contributed by atoms with Crippen molar-refractivity contribution >= 4 is 5.91 Å². The summed E-state index contributed by atoms with van der Waals surface area (Å²) >= 11 is 0. The summed E-state index contributed by atoms with van der Waals surface area (Å²) in [4.78, 5) is 34.7. The molecule has 3 aromatic rings. The molecule has 0 atom stereocenters. The molecule has 0 spiro atoms. The van der Waals surface area contributed by atoms with Crippen LogP contribution in [-0.2, 0) is 6.42 Å². The number of hydrogen-bond donors (Lipinski definition) is 2. The van der Waals surface area contributed by atoms with E-state index in [0.29, 0.717) is 18.8 Å². The monoisotopic (exact) mass is 320 g/mol. The Labute approximate surface area is 138 Å². The van der Waals surface area contributed by atoms with Crippen LogP contribution in [0.25, 0.3) is 11.3 Å². The van der Waals surface area contributed by atoms with Crippen molar-refractivity contribution in [2.45, 2.75) is 6.42 Å². The highest BCUT2D eigenvalue weighted by molar-refractivity contribution is 5.93. The maximum Gasteiger partial charge on any atom is 0.260 e. The van der Waals surface area contributed by atoms with Crippen molar-refractivity contribution in [1.29, 1.82) is 0 Å². The van der Waals surface area contributed by atoms with Crippen LogP contribution >= 0.6 is 0 Å². The van der Waals surface area contributed by atoms with E-state index in [-0.39, 0.29) is 5.56 Å². The number of carbonyl (C=O) groups excluding carboxylic acids is 1. The van der Waals surface area contributed by atoms with Gasteiger partial charge in [-0.3, -0.25) is 9.59 Å². The van der Waals surface area contributed by atoms with Crippen molar-refractivity contribution in [2.75, 3.05) is 6.54 Å². The molecule has 24 heavy (non-hydrogen) atoms. The molecule has 120 valence electrons. The van der Waals surface area contributed by atoms with Gasteiger partial charge in [-0.05, 0) is 18.2 Å². The van der Waals surface area contributed by atoms with E-state index in [1.807, 2.05) is 36.4 Å². The molecular formula is C18H16N4O2. The Balaban J connectivity index is 1.62. The second-order valence-corrected chi connectivity index (χ2v) is 5.14. The van der Waals surface area contributed by atoms with Crippen molar-refractivity contribution in [3.63, 3.8) is 0 Å². The molecular weight excluding hydrogens is 304 g/mol. The fraction of sp³-hybridized carbons (Fsp3) is 0.111. The van der Waals surface area contributed by atoms with E-state index in [0.717, 1.165) is 11.3 Å². The standard InChI is InChI=1S/C18H16N4O2/c23-17-14(7-4-10-20-17)18(24)21-12-9-16-19-11-8-15(22-16)13-5-2-1-3-6-13/h1-8,10-11H,9,12H2,(H,20,23)(H,21,24). The number of aromatic amines is 1. The van der Waals surface area contributed by atoms with Crippen LogP contribution in [0.1, 0.15) is 16.2 Å². The maximum atomic E-state index is 12.0. The number of pyridine rings is 1. The minimum atomic E-state index is -0.406. The van der Waals surface area contributed by atoms with E-state index in [1.165, 1.54) is 12.3 Å². The number of nitrogens with one attached hydrogen (secondary N) is 2. The van der Waals surface area contributed by atoms with Crippen molar-refractivity contribution in [2.24, 2.45) is 0 Å². The molecule has 0 aliphatic rings. The zero-order valence-corrected chi connectivity index (χ0v) is 12.9. The molecule has 2 heterocycles. The van der Waals surface area contributed by atoms with Gasteiger partial charge in [0.2, 0.25) is 0 Å². The predicted octanol–water partition coefficient (Wildman–Crippen LogP) is 1.80. The van der Waals surface area contributed by atoms with Gasteiger partial charge in [-0.15, -0.1) is 0 Å². The topological polar surface area (TPSA) is 87.7 Å². The molecule has 2 aromatic heterocycles. The first-order valence-electron chi connectivity index (χ1n) is 7.57. The highest BCUT2D eigenvalue weighted by Gasteiger charge is 2.09. The van der Waals surface area contributed by atoms with Gasteiger partial charge in [-0.25, -0.2) is 9.97 Å². The Morgan fingerprint density at radius 3 is 2.71 bits per heavy atom. The average Bonchev–Trinajstić information content (AvgIpc) is 2.63. The Hall–Kier alpha value is -3.28. The number of rotatable bonds is 5. The number of nitrogens with zero attached hydrogens (tertiary/aromatic N) is 2. The highest BCUT2D eigenvalue weighted by atomic mass is 16.2. The Morgan fingerprint density at radius 2 is 1.92 bits per heavy atom. The molecule has 6 heteroatoms. The van der Waals surface area contributed by atoms with Crippen LogP contribution < -0.4 is 10.9 Å². The van der Waals surface area contributed by atoms with Crippen LogP contribution in [0.15, 0.2) is 65.7 Å². The number of aromatic nitrogens is 3. The first kappa shape index (κ1) is 15.6. The van der Waals surface area contributed by atoms with Gasteiger partial charge in [0.05, 0.1) is 5.69 Å². The number of benzene rings is 1. The fourth-order valence-corrected chi connectivity index (χ4v) is 2.27. The lowest BCUT2D eigenvalue weighted by Crippen LogP contribution is -2.31. The van der Waals surface area contributed by atoms with Crippen LogP contribution in [0.4, 0.5) is 0 Å². The van der Waals surface area contributed by atoms with Crippen LogP contribution in [-0.4, -0.2) is 27.4 Å². The smallest absolute Gasteiger partial charge is 0.260 e. The van der Waals surface area contributed by atoms with Gasteiger partial charge in [0.15, 0.2) is 0 Å². The summed E-state index contributed by atoms with van der Waals surface area (Å²) in [6, 6.07) is 14.8. The van der Waals surface area contributed by atoms with Gasteiger partial charge in [0.1, 0.15) is 11.4 Å². The number of hydrogen-bond acceptors (Lipinski definition) is 4. The molecule has 0 unspecified atom stereocenters. The molecule has 0 aliphatic heterocycles. The van der Waals surface area contributed by atoms with Crippen LogP contribution in [0, 0.1) is 0 Å². The van der Waals surface area contributed by atoms with Gasteiger partial charge >= 0.3 is 0 Å². The van der Waals surface area contributed by atoms with E-state index in [4.69, 9.17) is 0 Å². The summed E-state index contributed by atoms with van der Waals surface area (Å²) in [6.45, 7) is 0.353. The van der Waals surface area contributed by atoms with E-state index in [1.54, 1.807) is 12.3 Å². The third-order valence-corrected chi connectivity index (χ3v) is 3.47. The van der Waals surface area contributed by atoms with E-state index in [2.05, 4.69) is 20.3 Å². The van der Waals surface area contributed by atoms with Gasteiger partial charge in [-0.2, -0.15) is 0 Å². The summed E-state index contributed by atoms with van der Waals surface area (Å²) in [5.74, 6) is 0.231. The van der Waals surface area contributed by atoms with Gasteiger partial charge in [0.25, 0.3) is 11.5 Å². The van der Waals surface area contributed by atoms with Crippen molar-refractivity contribution in [3.8, 4) is 11.3 Å². The Morgan fingerprint density at radius 1 is 1.08 bits per heavy atom. The van der Waals surface area contributed by atoms with Gasteiger partial charge in [-0.1, -0.05) is 30.3 Å². The first-order chi connectivity index (χ1) is 11.7. The second-order valence-electron chi connectivity index (χ2n) is 5.14. The summed E-state index contributed by atoms with van der Waals surface area (Å²) in [5, 5.41) is 2.71. The van der Waals surface area contributed by atoms with Crippen LogP contribution in [0.5, 0.6) is 0 Å². The lowest BCUT2D eigenvalue weighted by Gasteiger charge is -2.06. The lowest BCUT2D eigenvalue weighted by molar-refractivity contribution is 0.0952. The van der Waals surface area contributed by atoms with E-state index < -0.39 is 11.5 Å². The number of amides is 1. The fourth-order valence-electron chi connectivity index (χ4n) is 2.27. The predicted molar refractivity (Wildman–Crippen MR) is 90.6 cm³/mol. The minimum absolute atomic E-state index is 0.0939. The second kappa shape index (κ2) is 7.32. The van der Waals surface area contributed by atoms with E-state index >= 15 is 0 Å². The Kier molecular flexibility index (Phi) is 4.76. The number of carbonyl (C=O) groups is 1. The molecule has 0 bridgehead atoms. The van der Waals surface area contributed by atoms with Crippen molar-refractivity contribution in [3.05, 3.63) is 82.7 Å². The molecule has 0 saturated carbocycles. The quantitative estimate of drug-likeness (QED) is 0.750. The summed E-state index contributed by atoms with van der Waals surface area (Å²) in [7, 11) is 0. The largest absolute Gasteiger partial charge is 0.351 e. The molecule has 2 N–H and O–H groups in total. The summed E-state index contributed by atoms with van der Waals surface area (Å²) in [5.41, 5.74) is 1.54. The minimum Gasteiger partial charge on any atom is -0.351 e. The molecule has 0 aliphatic carbocycles. The first-order valence-corrected chi connectivity index (χ1v) is 7.57. The highest BCUT2D eigenvalue weighted by Crippen LogP contribution is 2.15. The molecule has 0 fully saturated rings. The van der Waals surface area contributed by atoms with Crippen LogP contribution in [0.2, 0.25) is 0 Å². The normalized spacial score (nSPS) is 10.3. The van der Waals surface area contributed by atoms with Crippen molar-refractivity contribution in [1.82, 2.24) is 20.3 Å². The van der Waals surface area contributed by atoms with Gasteiger partial charge in [0, 0.05) is 30.9 Å². The Bertz CT molecular complexity index is 891. The van der Waals surface area contributed by atoms with Crippen LogP contribution in [0.3, 0.4) is 0 Å². The third kappa shape index (κ3) is 3.73. The molecule has 1 amide bonds. The van der Waals surface area contributed by atoms with E-state index in [9.17, 15) is 9.59 Å². The average molecular weight is 320 g/mol. The number of H-pyrrole nitrogens is 1.